The second-order valence-corrected chi connectivity index (χ2v) is 5.24. The molecule has 2 atom stereocenters. The fourth-order valence-electron chi connectivity index (χ4n) is 3.17. The number of hydrogen-bond donors (Lipinski definition) is 1. The molecule has 17 heavy (non-hydrogen) atoms. The number of amides is 2. The molecular weight excluding hydrogens is 216 g/mol. The zero-order valence-corrected chi connectivity index (χ0v) is 10.7. The van der Waals surface area contributed by atoms with Gasteiger partial charge in [-0.25, -0.2) is 0 Å². The second-order valence-electron chi connectivity index (χ2n) is 5.24. The van der Waals surface area contributed by atoms with Crippen LogP contribution in [0.1, 0.15) is 32.6 Å². The Labute approximate surface area is 103 Å². The molecule has 0 radical (unpaired) electrons. The lowest BCUT2D eigenvalue weighted by Crippen LogP contribution is -2.34. The van der Waals surface area contributed by atoms with Crippen molar-refractivity contribution in [2.75, 3.05) is 20.1 Å². The third-order valence-corrected chi connectivity index (χ3v) is 4.21. The summed E-state index contributed by atoms with van der Waals surface area (Å²) in [4.78, 5) is 25.8. The Balaban J connectivity index is 1.96. The Morgan fingerprint density at radius 1 is 1.24 bits per heavy atom. The van der Waals surface area contributed by atoms with E-state index in [1.54, 1.807) is 0 Å². The van der Waals surface area contributed by atoms with Crippen LogP contribution in [-0.2, 0) is 9.59 Å². The van der Waals surface area contributed by atoms with Crippen molar-refractivity contribution >= 4 is 11.8 Å². The summed E-state index contributed by atoms with van der Waals surface area (Å²) in [6.45, 7) is 3.58. The van der Waals surface area contributed by atoms with E-state index in [1.165, 1.54) is 4.90 Å². The molecule has 2 amide bonds. The van der Waals surface area contributed by atoms with Gasteiger partial charge in [0.15, 0.2) is 0 Å². The minimum absolute atomic E-state index is 0.00188. The first kappa shape index (κ1) is 12.6. The van der Waals surface area contributed by atoms with Gasteiger partial charge in [0.25, 0.3) is 0 Å². The van der Waals surface area contributed by atoms with Crippen LogP contribution in [0.5, 0.6) is 0 Å². The third-order valence-electron chi connectivity index (χ3n) is 4.21. The summed E-state index contributed by atoms with van der Waals surface area (Å²) in [5.41, 5.74) is 0. The van der Waals surface area contributed by atoms with Crippen LogP contribution in [-0.4, -0.2) is 36.9 Å². The minimum atomic E-state index is 0.00188. The first-order chi connectivity index (χ1) is 8.19. The summed E-state index contributed by atoms with van der Waals surface area (Å²) in [5, 5.41) is 3.04. The van der Waals surface area contributed by atoms with Gasteiger partial charge in [-0.1, -0.05) is 13.3 Å². The Morgan fingerprint density at radius 3 is 2.29 bits per heavy atom. The molecule has 2 rings (SSSR count). The molecule has 1 aliphatic carbocycles. The Bertz CT molecular complexity index is 293. The Morgan fingerprint density at radius 2 is 1.82 bits per heavy atom. The summed E-state index contributed by atoms with van der Waals surface area (Å²) in [6.07, 6.45) is 3.79. The van der Waals surface area contributed by atoms with Crippen molar-refractivity contribution in [2.24, 2.45) is 17.8 Å². The number of imide groups is 1. The largest absolute Gasteiger partial charge is 0.320 e. The molecule has 0 aromatic rings. The molecule has 0 aromatic heterocycles. The predicted molar refractivity (Wildman–Crippen MR) is 65.3 cm³/mol. The highest BCUT2D eigenvalue weighted by Crippen LogP contribution is 2.44. The van der Waals surface area contributed by atoms with E-state index < -0.39 is 0 Å². The number of carbonyl (C=O) groups excluding carboxylic acids is 2. The van der Waals surface area contributed by atoms with Gasteiger partial charge >= 0.3 is 0 Å². The first-order valence-electron chi connectivity index (χ1n) is 6.68. The molecule has 0 aromatic carbocycles. The van der Waals surface area contributed by atoms with Crippen LogP contribution in [0.25, 0.3) is 0 Å². The number of nitrogens with one attached hydrogen (secondary N) is 1. The van der Waals surface area contributed by atoms with Crippen LogP contribution >= 0.6 is 0 Å². The third kappa shape index (κ3) is 2.23. The molecule has 1 aliphatic heterocycles. The van der Waals surface area contributed by atoms with E-state index in [0.717, 1.165) is 32.2 Å². The number of rotatable bonds is 5. The molecular formula is C13H22N2O2. The van der Waals surface area contributed by atoms with Crippen molar-refractivity contribution in [1.82, 2.24) is 10.2 Å². The van der Waals surface area contributed by atoms with Gasteiger partial charge < -0.3 is 5.32 Å². The summed E-state index contributed by atoms with van der Waals surface area (Å²) >= 11 is 0. The topological polar surface area (TPSA) is 49.4 Å². The number of carbonyl (C=O) groups is 2. The van der Waals surface area contributed by atoms with Crippen LogP contribution in [0.2, 0.25) is 0 Å². The second kappa shape index (κ2) is 5.17. The van der Waals surface area contributed by atoms with Crippen LogP contribution in [0, 0.1) is 17.8 Å². The molecule has 1 N–H and O–H groups in total. The monoisotopic (exact) mass is 238 g/mol. The van der Waals surface area contributed by atoms with E-state index in [2.05, 4.69) is 12.2 Å². The SMILES string of the molecule is CCC1CC2C(=O)N(CCCNC)C(=O)C2C1. The van der Waals surface area contributed by atoms with Gasteiger partial charge in [0.1, 0.15) is 0 Å². The smallest absolute Gasteiger partial charge is 0.233 e. The Hall–Kier alpha value is -0.900. The van der Waals surface area contributed by atoms with Crippen molar-refractivity contribution in [3.8, 4) is 0 Å². The molecule has 1 saturated carbocycles. The van der Waals surface area contributed by atoms with Crippen LogP contribution in [0.3, 0.4) is 0 Å². The van der Waals surface area contributed by atoms with Crippen molar-refractivity contribution in [3.63, 3.8) is 0 Å². The lowest BCUT2D eigenvalue weighted by molar-refractivity contribution is -0.140. The summed E-state index contributed by atoms with van der Waals surface area (Å²) in [5.74, 6) is 0.764. The van der Waals surface area contributed by atoms with Crippen LogP contribution in [0.15, 0.2) is 0 Å². The number of fused-ring (bicyclic) bond motifs is 1. The van der Waals surface area contributed by atoms with E-state index in [4.69, 9.17) is 0 Å². The quantitative estimate of drug-likeness (QED) is 0.574. The lowest BCUT2D eigenvalue weighted by atomic mass is 10.00. The van der Waals surface area contributed by atoms with Crippen molar-refractivity contribution < 1.29 is 9.59 Å². The van der Waals surface area contributed by atoms with Gasteiger partial charge in [-0.2, -0.15) is 0 Å². The standard InChI is InChI=1S/C13H22N2O2/c1-3-9-7-10-11(8-9)13(17)15(12(10)16)6-4-5-14-2/h9-11,14H,3-8H2,1-2H3. The number of nitrogens with zero attached hydrogens (tertiary/aromatic N) is 1. The molecule has 1 saturated heterocycles. The highest BCUT2D eigenvalue weighted by atomic mass is 16.2. The van der Waals surface area contributed by atoms with E-state index in [-0.39, 0.29) is 23.7 Å². The highest BCUT2D eigenvalue weighted by molar-refractivity contribution is 6.05. The van der Waals surface area contributed by atoms with Gasteiger partial charge in [-0.15, -0.1) is 0 Å². The van der Waals surface area contributed by atoms with Gasteiger partial charge in [0.2, 0.25) is 11.8 Å². The van der Waals surface area contributed by atoms with Crippen LogP contribution in [0.4, 0.5) is 0 Å². The summed E-state index contributed by atoms with van der Waals surface area (Å²) < 4.78 is 0. The van der Waals surface area contributed by atoms with E-state index in [1.807, 2.05) is 7.05 Å². The number of hydrogen-bond acceptors (Lipinski definition) is 3. The van der Waals surface area contributed by atoms with E-state index in [0.29, 0.717) is 12.5 Å². The highest BCUT2D eigenvalue weighted by Gasteiger charge is 2.51. The molecule has 96 valence electrons. The zero-order valence-electron chi connectivity index (χ0n) is 10.7. The fraction of sp³-hybridized carbons (Fsp3) is 0.846. The average molecular weight is 238 g/mol. The zero-order chi connectivity index (χ0) is 12.4. The van der Waals surface area contributed by atoms with Crippen LogP contribution < -0.4 is 5.32 Å². The fourth-order valence-corrected chi connectivity index (χ4v) is 3.17. The van der Waals surface area contributed by atoms with E-state index in [9.17, 15) is 9.59 Å². The summed E-state index contributed by atoms with van der Waals surface area (Å²) in [7, 11) is 1.88. The average Bonchev–Trinajstić information content (AvgIpc) is 2.84. The van der Waals surface area contributed by atoms with Gasteiger partial charge in [-0.05, 0) is 38.8 Å². The summed E-state index contributed by atoms with van der Waals surface area (Å²) in [6, 6.07) is 0. The van der Waals surface area contributed by atoms with Gasteiger partial charge in [0, 0.05) is 6.54 Å². The van der Waals surface area contributed by atoms with Crippen molar-refractivity contribution in [3.05, 3.63) is 0 Å². The van der Waals surface area contributed by atoms with Crippen molar-refractivity contribution in [1.29, 1.82) is 0 Å². The molecule has 4 nitrogen and oxygen atoms in total. The maximum atomic E-state index is 12.1. The predicted octanol–water partition coefficient (Wildman–Crippen LogP) is 1.02. The van der Waals surface area contributed by atoms with Gasteiger partial charge in [-0.3, -0.25) is 14.5 Å². The molecule has 4 heteroatoms. The van der Waals surface area contributed by atoms with Crippen molar-refractivity contribution in [2.45, 2.75) is 32.6 Å². The first-order valence-corrected chi connectivity index (χ1v) is 6.68. The molecule has 2 unspecified atom stereocenters. The molecule has 0 bridgehead atoms. The lowest BCUT2D eigenvalue weighted by Gasteiger charge is -2.17. The molecule has 0 spiro atoms. The van der Waals surface area contributed by atoms with E-state index >= 15 is 0 Å². The minimum Gasteiger partial charge on any atom is -0.320 e. The van der Waals surface area contributed by atoms with Gasteiger partial charge in [0.05, 0.1) is 11.8 Å². The molecule has 1 heterocycles. The molecule has 2 fully saturated rings. The molecule has 2 aliphatic rings. The normalized spacial score (nSPS) is 32.4. The Kier molecular flexibility index (Phi) is 3.82. The maximum Gasteiger partial charge on any atom is 0.233 e. The number of likely N-dealkylation sites (tertiary alicyclic amines) is 1. The maximum absolute atomic E-state index is 12.1.